The predicted octanol–water partition coefficient (Wildman–Crippen LogP) is 2.42. The largest absolute Gasteiger partial charge is 0.480 e. The monoisotopic (exact) mass is 313 g/mol. The molecule has 0 bridgehead atoms. The molecule has 0 saturated heterocycles. The van der Waals surface area contributed by atoms with Crippen molar-refractivity contribution < 1.29 is 9.90 Å². The Morgan fingerprint density at radius 3 is 2.59 bits per heavy atom. The second-order valence-electron chi connectivity index (χ2n) is 3.37. The van der Waals surface area contributed by atoms with E-state index in [-0.39, 0.29) is 11.4 Å². The second kappa shape index (κ2) is 4.85. The maximum absolute atomic E-state index is 11.5. The summed E-state index contributed by atoms with van der Waals surface area (Å²) in [4.78, 5) is 22.0. The topological polar surface area (TPSA) is 59.3 Å². The van der Waals surface area contributed by atoms with Crippen LogP contribution in [0.4, 0.5) is 0 Å². The quantitative estimate of drug-likeness (QED) is 0.946. The van der Waals surface area contributed by atoms with Gasteiger partial charge in [0.2, 0.25) is 0 Å². The van der Waals surface area contributed by atoms with Gasteiger partial charge in [-0.25, -0.2) is 0 Å². The smallest absolute Gasteiger partial charge is 0.323 e. The number of rotatable bonds is 3. The fourth-order valence-electron chi connectivity index (χ4n) is 1.46. The molecular formula is C11H8BrNO3S. The van der Waals surface area contributed by atoms with Crippen LogP contribution < -0.4 is 4.87 Å². The standard InChI is InChI=1S/C11H8BrNO3S/c12-8-3-1-7(2-4-8)9-6-17-11(16)13(9)5-10(14)15/h1-4,6H,5H2,(H,14,15). The number of benzene rings is 1. The van der Waals surface area contributed by atoms with Gasteiger partial charge in [-0.2, -0.15) is 0 Å². The SMILES string of the molecule is O=C(O)Cn1c(-c2ccc(Br)cc2)csc1=O. The summed E-state index contributed by atoms with van der Waals surface area (Å²) in [5.74, 6) is -1.02. The Bertz CT molecular complexity index is 600. The zero-order valence-corrected chi connectivity index (χ0v) is 11.0. The van der Waals surface area contributed by atoms with E-state index >= 15 is 0 Å². The van der Waals surface area contributed by atoms with Crippen molar-refractivity contribution in [1.29, 1.82) is 0 Å². The first-order valence-electron chi connectivity index (χ1n) is 4.74. The summed E-state index contributed by atoms with van der Waals surface area (Å²) in [7, 11) is 0. The summed E-state index contributed by atoms with van der Waals surface area (Å²) < 4.78 is 2.19. The third-order valence-corrected chi connectivity index (χ3v) is 3.51. The normalized spacial score (nSPS) is 10.4. The van der Waals surface area contributed by atoms with Gasteiger partial charge in [-0.15, -0.1) is 0 Å². The van der Waals surface area contributed by atoms with E-state index in [4.69, 9.17) is 5.11 Å². The van der Waals surface area contributed by atoms with Crippen molar-refractivity contribution in [1.82, 2.24) is 4.57 Å². The lowest BCUT2D eigenvalue weighted by atomic mass is 10.2. The lowest BCUT2D eigenvalue weighted by Crippen LogP contribution is -2.19. The molecule has 4 nitrogen and oxygen atoms in total. The van der Waals surface area contributed by atoms with Crippen LogP contribution in [0.3, 0.4) is 0 Å². The van der Waals surface area contributed by atoms with E-state index in [0.717, 1.165) is 21.4 Å². The molecule has 0 spiro atoms. The van der Waals surface area contributed by atoms with E-state index in [1.807, 2.05) is 24.3 Å². The van der Waals surface area contributed by atoms with Crippen LogP contribution in [-0.4, -0.2) is 15.6 Å². The summed E-state index contributed by atoms with van der Waals surface area (Å²) in [6, 6.07) is 7.37. The van der Waals surface area contributed by atoms with Crippen molar-refractivity contribution in [2.45, 2.75) is 6.54 Å². The van der Waals surface area contributed by atoms with Crippen molar-refractivity contribution in [3.63, 3.8) is 0 Å². The van der Waals surface area contributed by atoms with Crippen molar-refractivity contribution >= 4 is 33.2 Å². The fourth-order valence-corrected chi connectivity index (χ4v) is 2.49. The molecule has 1 aromatic carbocycles. The minimum Gasteiger partial charge on any atom is -0.480 e. The molecule has 88 valence electrons. The summed E-state index contributed by atoms with van der Waals surface area (Å²) in [6.07, 6.45) is 0. The Morgan fingerprint density at radius 1 is 1.35 bits per heavy atom. The van der Waals surface area contributed by atoms with E-state index in [2.05, 4.69) is 15.9 Å². The van der Waals surface area contributed by atoms with Crippen LogP contribution in [-0.2, 0) is 11.3 Å². The van der Waals surface area contributed by atoms with Gasteiger partial charge < -0.3 is 5.11 Å². The summed E-state index contributed by atoms with van der Waals surface area (Å²) in [5.41, 5.74) is 1.46. The molecule has 0 saturated carbocycles. The van der Waals surface area contributed by atoms with Crippen LogP contribution in [0.2, 0.25) is 0 Å². The van der Waals surface area contributed by atoms with Gasteiger partial charge in [-0.1, -0.05) is 39.4 Å². The number of halogens is 1. The minimum absolute atomic E-state index is 0.259. The van der Waals surface area contributed by atoms with Crippen molar-refractivity contribution in [3.8, 4) is 11.3 Å². The third-order valence-electron chi connectivity index (χ3n) is 2.22. The van der Waals surface area contributed by atoms with Crippen LogP contribution >= 0.6 is 27.3 Å². The highest BCUT2D eigenvalue weighted by molar-refractivity contribution is 9.10. The van der Waals surface area contributed by atoms with Gasteiger partial charge in [0.25, 0.3) is 0 Å². The van der Waals surface area contributed by atoms with E-state index in [1.54, 1.807) is 5.38 Å². The maximum atomic E-state index is 11.5. The van der Waals surface area contributed by atoms with Gasteiger partial charge in [0.1, 0.15) is 6.54 Å². The first-order chi connectivity index (χ1) is 8.08. The van der Waals surface area contributed by atoms with Gasteiger partial charge in [0, 0.05) is 9.85 Å². The molecular weight excluding hydrogens is 306 g/mol. The summed E-state index contributed by atoms with van der Waals surface area (Å²) in [5, 5.41) is 10.4. The highest BCUT2D eigenvalue weighted by Gasteiger charge is 2.11. The number of thiazole rings is 1. The van der Waals surface area contributed by atoms with Crippen molar-refractivity contribution in [2.24, 2.45) is 0 Å². The van der Waals surface area contributed by atoms with E-state index in [9.17, 15) is 9.59 Å². The van der Waals surface area contributed by atoms with Crippen LogP contribution in [0.25, 0.3) is 11.3 Å². The van der Waals surface area contributed by atoms with Crippen molar-refractivity contribution in [3.05, 3.63) is 43.8 Å². The Kier molecular flexibility index (Phi) is 3.44. The van der Waals surface area contributed by atoms with E-state index < -0.39 is 5.97 Å². The first-order valence-corrected chi connectivity index (χ1v) is 6.41. The van der Waals surface area contributed by atoms with Crippen molar-refractivity contribution in [2.75, 3.05) is 0 Å². The first kappa shape index (κ1) is 12.1. The average molecular weight is 314 g/mol. The molecule has 17 heavy (non-hydrogen) atoms. The zero-order valence-electron chi connectivity index (χ0n) is 8.59. The molecule has 1 aromatic heterocycles. The fraction of sp³-hybridized carbons (Fsp3) is 0.0909. The average Bonchev–Trinajstić information content (AvgIpc) is 2.61. The zero-order chi connectivity index (χ0) is 12.4. The molecule has 0 amide bonds. The molecule has 6 heteroatoms. The number of nitrogens with zero attached hydrogens (tertiary/aromatic N) is 1. The Morgan fingerprint density at radius 2 is 2.00 bits per heavy atom. The lowest BCUT2D eigenvalue weighted by molar-refractivity contribution is -0.137. The highest BCUT2D eigenvalue weighted by atomic mass is 79.9. The Hall–Kier alpha value is -1.40. The molecule has 0 aliphatic rings. The number of carbonyl (C=O) groups is 1. The van der Waals surface area contributed by atoms with Gasteiger partial charge in [-0.3, -0.25) is 14.2 Å². The van der Waals surface area contributed by atoms with Crippen LogP contribution in [0.1, 0.15) is 0 Å². The number of hydrogen-bond acceptors (Lipinski definition) is 3. The molecule has 1 N–H and O–H groups in total. The minimum atomic E-state index is -1.02. The molecule has 2 rings (SSSR count). The van der Waals surface area contributed by atoms with E-state index in [1.165, 1.54) is 4.57 Å². The molecule has 0 unspecified atom stereocenters. The van der Waals surface area contributed by atoms with Crippen LogP contribution in [0, 0.1) is 0 Å². The molecule has 0 atom stereocenters. The highest BCUT2D eigenvalue weighted by Crippen LogP contribution is 2.22. The molecule has 0 fully saturated rings. The number of aromatic nitrogens is 1. The maximum Gasteiger partial charge on any atom is 0.323 e. The number of aliphatic carboxylic acids is 1. The molecule has 2 aromatic rings. The molecule has 1 heterocycles. The van der Waals surface area contributed by atoms with Gasteiger partial charge >= 0.3 is 10.8 Å². The number of hydrogen-bond donors (Lipinski definition) is 1. The summed E-state index contributed by atoms with van der Waals surface area (Å²) >= 11 is 4.33. The molecule has 0 aliphatic heterocycles. The molecule has 0 aliphatic carbocycles. The lowest BCUT2D eigenvalue weighted by Gasteiger charge is -2.04. The van der Waals surface area contributed by atoms with Crippen LogP contribution in [0.15, 0.2) is 38.9 Å². The Balaban J connectivity index is 2.48. The van der Waals surface area contributed by atoms with Gasteiger partial charge in [0.15, 0.2) is 0 Å². The Labute approximate surface area is 109 Å². The number of carboxylic acids is 1. The van der Waals surface area contributed by atoms with E-state index in [0.29, 0.717) is 5.69 Å². The third kappa shape index (κ3) is 2.65. The second-order valence-corrected chi connectivity index (χ2v) is 5.11. The molecule has 0 radical (unpaired) electrons. The van der Waals surface area contributed by atoms with Gasteiger partial charge in [0.05, 0.1) is 5.69 Å². The van der Waals surface area contributed by atoms with Gasteiger partial charge in [-0.05, 0) is 17.7 Å². The van der Waals surface area contributed by atoms with Crippen LogP contribution in [0.5, 0.6) is 0 Å². The predicted molar refractivity (Wildman–Crippen MR) is 69.4 cm³/mol. The number of carboxylic acid groups (broad SMARTS) is 1. The summed E-state index contributed by atoms with van der Waals surface area (Å²) in [6.45, 7) is -0.312.